The van der Waals surface area contributed by atoms with Crippen LogP contribution in [-0.2, 0) is 0 Å². The molecule has 0 bridgehead atoms. The predicted octanol–water partition coefficient (Wildman–Crippen LogP) is 1.53. The van der Waals surface area contributed by atoms with Crippen molar-refractivity contribution < 1.29 is 4.74 Å². The van der Waals surface area contributed by atoms with E-state index >= 15 is 0 Å². The molecule has 96 valence electrons. The van der Waals surface area contributed by atoms with E-state index in [1.165, 1.54) is 0 Å². The second-order valence-electron chi connectivity index (χ2n) is 4.45. The largest absolute Gasteiger partial charge is 0.474 e. The summed E-state index contributed by atoms with van der Waals surface area (Å²) in [6.45, 7) is 7.95. The summed E-state index contributed by atoms with van der Waals surface area (Å²) in [5, 5.41) is 6.39. The third kappa shape index (κ3) is 5.49. The van der Waals surface area contributed by atoms with Crippen LogP contribution in [0.15, 0.2) is 12.4 Å². The van der Waals surface area contributed by atoms with E-state index in [-0.39, 0.29) is 6.10 Å². The van der Waals surface area contributed by atoms with E-state index in [1.54, 1.807) is 12.4 Å². The summed E-state index contributed by atoms with van der Waals surface area (Å²) in [5.74, 6) is 1.86. The molecule has 5 heteroatoms. The Balaban J connectivity index is 2.48. The molecule has 1 rings (SSSR count). The van der Waals surface area contributed by atoms with Crippen molar-refractivity contribution in [1.29, 1.82) is 0 Å². The lowest BCUT2D eigenvalue weighted by Gasteiger charge is -2.13. The quantitative estimate of drug-likeness (QED) is 0.754. The highest BCUT2D eigenvalue weighted by molar-refractivity contribution is 5.33. The molecule has 5 nitrogen and oxygen atoms in total. The van der Waals surface area contributed by atoms with E-state index in [9.17, 15) is 0 Å². The molecule has 0 saturated heterocycles. The van der Waals surface area contributed by atoms with Gasteiger partial charge < -0.3 is 15.4 Å². The lowest BCUT2D eigenvalue weighted by atomic mass is 10.2. The van der Waals surface area contributed by atoms with Crippen LogP contribution in [0, 0.1) is 5.92 Å². The first-order valence-electron chi connectivity index (χ1n) is 5.99. The zero-order valence-electron chi connectivity index (χ0n) is 11.0. The molecule has 2 N–H and O–H groups in total. The Kier molecular flexibility index (Phi) is 5.69. The van der Waals surface area contributed by atoms with Gasteiger partial charge in [-0.15, -0.1) is 0 Å². The fourth-order valence-corrected chi connectivity index (χ4v) is 1.43. The number of anilines is 1. The smallest absolute Gasteiger partial charge is 0.234 e. The normalized spacial score (nSPS) is 12.5. The molecule has 0 radical (unpaired) electrons. The number of ether oxygens (including phenoxy) is 1. The minimum atomic E-state index is 0.114. The Hall–Kier alpha value is -1.36. The molecule has 0 aliphatic heterocycles. The molecule has 0 saturated carbocycles. The second-order valence-corrected chi connectivity index (χ2v) is 4.45. The van der Waals surface area contributed by atoms with Crippen LogP contribution in [0.4, 0.5) is 5.82 Å². The van der Waals surface area contributed by atoms with Crippen molar-refractivity contribution in [2.75, 3.05) is 25.5 Å². The van der Waals surface area contributed by atoms with Gasteiger partial charge in [0.25, 0.3) is 0 Å². The third-order valence-corrected chi connectivity index (χ3v) is 2.15. The lowest BCUT2D eigenvalue weighted by molar-refractivity contribution is 0.232. The maximum absolute atomic E-state index is 5.48. The molecule has 1 aromatic heterocycles. The van der Waals surface area contributed by atoms with Crippen LogP contribution in [0.2, 0.25) is 0 Å². The standard InChI is InChI=1S/C12H22N4O/c1-9(2)17-12-8-14-7-11(16-12)15-6-10(3)5-13-4/h7-10,13H,5-6H2,1-4H3,(H,15,16). The maximum Gasteiger partial charge on any atom is 0.234 e. The van der Waals surface area contributed by atoms with E-state index < -0.39 is 0 Å². The molecule has 17 heavy (non-hydrogen) atoms. The lowest BCUT2D eigenvalue weighted by Crippen LogP contribution is -2.23. The fourth-order valence-electron chi connectivity index (χ4n) is 1.43. The van der Waals surface area contributed by atoms with Gasteiger partial charge >= 0.3 is 0 Å². The molecule has 0 aliphatic carbocycles. The molecular weight excluding hydrogens is 216 g/mol. The number of aromatic nitrogens is 2. The first-order chi connectivity index (χ1) is 8.11. The first kappa shape index (κ1) is 13.7. The summed E-state index contributed by atoms with van der Waals surface area (Å²) >= 11 is 0. The molecule has 0 aliphatic rings. The number of nitrogens with zero attached hydrogens (tertiary/aromatic N) is 2. The van der Waals surface area contributed by atoms with Gasteiger partial charge in [0.1, 0.15) is 5.82 Å². The summed E-state index contributed by atoms with van der Waals surface area (Å²) in [7, 11) is 1.95. The van der Waals surface area contributed by atoms with Crippen LogP contribution in [-0.4, -0.2) is 36.2 Å². The zero-order valence-corrected chi connectivity index (χ0v) is 11.0. The van der Waals surface area contributed by atoms with E-state index in [1.807, 2.05) is 20.9 Å². The Labute approximate surface area is 103 Å². The number of nitrogens with one attached hydrogen (secondary N) is 2. The molecular formula is C12H22N4O. The van der Waals surface area contributed by atoms with E-state index in [4.69, 9.17) is 4.74 Å². The van der Waals surface area contributed by atoms with Gasteiger partial charge in [0.15, 0.2) is 0 Å². The number of hydrogen-bond donors (Lipinski definition) is 2. The summed E-state index contributed by atoms with van der Waals surface area (Å²) in [6, 6.07) is 0. The van der Waals surface area contributed by atoms with Crippen molar-refractivity contribution in [3.05, 3.63) is 12.4 Å². The Morgan fingerprint density at radius 1 is 1.24 bits per heavy atom. The Morgan fingerprint density at radius 3 is 2.65 bits per heavy atom. The van der Waals surface area contributed by atoms with Gasteiger partial charge in [-0.05, 0) is 33.4 Å². The highest BCUT2D eigenvalue weighted by Gasteiger charge is 2.04. The monoisotopic (exact) mass is 238 g/mol. The van der Waals surface area contributed by atoms with Crippen LogP contribution < -0.4 is 15.4 Å². The summed E-state index contributed by atoms with van der Waals surface area (Å²) < 4.78 is 5.48. The van der Waals surface area contributed by atoms with Gasteiger partial charge in [-0.25, -0.2) is 0 Å². The molecule has 1 heterocycles. The van der Waals surface area contributed by atoms with Crippen LogP contribution in [0.5, 0.6) is 5.88 Å². The van der Waals surface area contributed by atoms with Crippen molar-refractivity contribution in [2.24, 2.45) is 5.92 Å². The predicted molar refractivity (Wildman–Crippen MR) is 69.4 cm³/mol. The van der Waals surface area contributed by atoms with E-state index in [2.05, 4.69) is 27.5 Å². The van der Waals surface area contributed by atoms with Gasteiger partial charge in [-0.3, -0.25) is 4.98 Å². The number of rotatable bonds is 7. The van der Waals surface area contributed by atoms with Crippen molar-refractivity contribution in [3.63, 3.8) is 0 Å². The van der Waals surface area contributed by atoms with Crippen LogP contribution >= 0.6 is 0 Å². The Bertz CT molecular complexity index is 330. The minimum absolute atomic E-state index is 0.114. The molecule has 0 spiro atoms. The topological polar surface area (TPSA) is 59.1 Å². The average Bonchev–Trinajstić information content (AvgIpc) is 2.26. The summed E-state index contributed by atoms with van der Waals surface area (Å²) in [5.41, 5.74) is 0. The highest BCUT2D eigenvalue weighted by atomic mass is 16.5. The molecule has 1 unspecified atom stereocenters. The van der Waals surface area contributed by atoms with Crippen molar-refractivity contribution in [1.82, 2.24) is 15.3 Å². The molecule has 1 aromatic rings. The zero-order chi connectivity index (χ0) is 12.7. The Morgan fingerprint density at radius 2 is 2.00 bits per heavy atom. The van der Waals surface area contributed by atoms with Crippen molar-refractivity contribution >= 4 is 5.82 Å². The highest BCUT2D eigenvalue weighted by Crippen LogP contribution is 2.11. The number of hydrogen-bond acceptors (Lipinski definition) is 5. The van der Waals surface area contributed by atoms with Crippen LogP contribution in [0.3, 0.4) is 0 Å². The fraction of sp³-hybridized carbons (Fsp3) is 0.667. The second kappa shape index (κ2) is 7.06. The van der Waals surface area contributed by atoms with Gasteiger partial charge in [-0.2, -0.15) is 4.98 Å². The summed E-state index contributed by atoms with van der Waals surface area (Å²) in [6.07, 6.45) is 3.45. The van der Waals surface area contributed by atoms with Gasteiger partial charge in [0, 0.05) is 6.54 Å². The van der Waals surface area contributed by atoms with Gasteiger partial charge in [0.05, 0.1) is 18.5 Å². The SMILES string of the molecule is CNCC(C)CNc1cncc(OC(C)C)n1. The third-order valence-electron chi connectivity index (χ3n) is 2.15. The van der Waals surface area contributed by atoms with Gasteiger partial charge in [-0.1, -0.05) is 6.92 Å². The van der Waals surface area contributed by atoms with Crippen LogP contribution in [0.25, 0.3) is 0 Å². The molecule has 0 fully saturated rings. The maximum atomic E-state index is 5.48. The summed E-state index contributed by atoms with van der Waals surface area (Å²) in [4.78, 5) is 8.42. The minimum Gasteiger partial charge on any atom is -0.474 e. The van der Waals surface area contributed by atoms with Crippen LogP contribution in [0.1, 0.15) is 20.8 Å². The first-order valence-corrected chi connectivity index (χ1v) is 5.99. The van der Waals surface area contributed by atoms with Gasteiger partial charge in [0.2, 0.25) is 5.88 Å². The van der Waals surface area contributed by atoms with Crippen molar-refractivity contribution in [2.45, 2.75) is 26.9 Å². The molecule has 0 aromatic carbocycles. The van der Waals surface area contributed by atoms with E-state index in [0.29, 0.717) is 11.8 Å². The van der Waals surface area contributed by atoms with E-state index in [0.717, 1.165) is 18.9 Å². The van der Waals surface area contributed by atoms with Crippen molar-refractivity contribution in [3.8, 4) is 5.88 Å². The molecule has 1 atom stereocenters. The average molecular weight is 238 g/mol. The molecule has 0 amide bonds.